The Balaban J connectivity index is 2.19. The topological polar surface area (TPSA) is 67.3 Å². The molecule has 1 aliphatic rings. The molecule has 0 N–H and O–H groups in total. The molecule has 1 fully saturated rings. The summed E-state index contributed by atoms with van der Waals surface area (Å²) in [5.41, 5.74) is 2.36. The van der Waals surface area contributed by atoms with Crippen LogP contribution in [0.3, 0.4) is 0 Å². The Kier molecular flexibility index (Phi) is 4.25. The molecule has 1 amide bonds. The molecule has 19 heavy (non-hydrogen) atoms. The lowest BCUT2D eigenvalue weighted by Gasteiger charge is -2.23. The quantitative estimate of drug-likeness (QED) is 0.830. The average Bonchev–Trinajstić information content (AvgIpc) is 2.62. The van der Waals surface area contributed by atoms with E-state index in [1.54, 1.807) is 17.3 Å². The van der Waals surface area contributed by atoms with Gasteiger partial charge in [0.15, 0.2) is 9.84 Å². The van der Waals surface area contributed by atoms with Crippen molar-refractivity contribution in [3.05, 3.63) is 16.1 Å². The number of rotatable bonds is 2. The third kappa shape index (κ3) is 3.33. The van der Waals surface area contributed by atoms with E-state index in [4.69, 9.17) is 0 Å². The van der Waals surface area contributed by atoms with Crippen molar-refractivity contribution in [2.45, 2.75) is 31.4 Å². The van der Waals surface area contributed by atoms with E-state index in [2.05, 4.69) is 4.98 Å². The fourth-order valence-electron chi connectivity index (χ4n) is 2.29. The van der Waals surface area contributed by atoms with Crippen LogP contribution in [0.2, 0.25) is 0 Å². The van der Waals surface area contributed by atoms with E-state index in [0.29, 0.717) is 24.4 Å². The number of carbonyl (C=O) groups is 1. The predicted octanol–water partition coefficient (Wildman–Crippen LogP) is 1.49. The Hall–Kier alpha value is -0.950. The van der Waals surface area contributed by atoms with Crippen molar-refractivity contribution in [2.75, 3.05) is 19.3 Å². The number of likely N-dealkylation sites (tertiary alicyclic amines) is 1. The van der Waals surface area contributed by atoms with Gasteiger partial charge >= 0.3 is 0 Å². The maximum absolute atomic E-state index is 12.4. The minimum Gasteiger partial charge on any atom is -0.337 e. The number of hydrogen-bond acceptors (Lipinski definition) is 5. The number of sulfone groups is 1. The molecular formula is C12H18N2O3S2. The maximum Gasteiger partial charge on any atom is 0.265 e. The van der Waals surface area contributed by atoms with E-state index >= 15 is 0 Å². The Morgan fingerprint density at radius 3 is 2.79 bits per heavy atom. The van der Waals surface area contributed by atoms with Gasteiger partial charge in [0.1, 0.15) is 4.88 Å². The summed E-state index contributed by atoms with van der Waals surface area (Å²) in [5.74, 6) is -0.0875. The third-order valence-electron chi connectivity index (χ3n) is 3.46. The van der Waals surface area contributed by atoms with Crippen LogP contribution in [0.15, 0.2) is 5.51 Å². The summed E-state index contributed by atoms with van der Waals surface area (Å²) < 4.78 is 23.4. The van der Waals surface area contributed by atoms with Gasteiger partial charge in [-0.1, -0.05) is 6.42 Å². The minimum atomic E-state index is -3.10. The van der Waals surface area contributed by atoms with Gasteiger partial charge < -0.3 is 4.90 Å². The van der Waals surface area contributed by atoms with Gasteiger partial charge in [-0.25, -0.2) is 13.4 Å². The number of thiazole rings is 1. The number of carbonyl (C=O) groups excluding carboxylic acids is 1. The highest BCUT2D eigenvalue weighted by Crippen LogP contribution is 2.21. The molecule has 0 radical (unpaired) electrons. The number of aromatic nitrogens is 1. The van der Waals surface area contributed by atoms with Crippen molar-refractivity contribution in [2.24, 2.45) is 0 Å². The molecule has 0 saturated carbocycles. The second-order valence-electron chi connectivity index (χ2n) is 4.97. The zero-order valence-corrected chi connectivity index (χ0v) is 12.8. The van der Waals surface area contributed by atoms with E-state index in [9.17, 15) is 13.2 Å². The van der Waals surface area contributed by atoms with E-state index in [1.165, 1.54) is 17.6 Å². The SMILES string of the molecule is Cc1ncsc1C(=O)N1CCCC[C@H](S(C)(=O)=O)C1. The van der Waals surface area contributed by atoms with E-state index in [-0.39, 0.29) is 5.91 Å². The molecule has 106 valence electrons. The lowest BCUT2D eigenvalue weighted by molar-refractivity contribution is 0.0766. The first-order chi connectivity index (χ1) is 8.89. The molecule has 0 aliphatic carbocycles. The van der Waals surface area contributed by atoms with E-state index in [1.807, 2.05) is 0 Å². The number of aryl methyl sites for hydroxylation is 1. The van der Waals surface area contributed by atoms with Crippen LogP contribution in [0.5, 0.6) is 0 Å². The molecule has 5 nitrogen and oxygen atoms in total. The van der Waals surface area contributed by atoms with Gasteiger partial charge in [-0.3, -0.25) is 4.79 Å². The Bertz CT molecular complexity index is 565. The number of nitrogens with zero attached hydrogens (tertiary/aromatic N) is 2. The highest BCUT2D eigenvalue weighted by molar-refractivity contribution is 7.91. The first-order valence-corrected chi connectivity index (χ1v) is 9.11. The number of amides is 1. The molecule has 7 heteroatoms. The van der Waals surface area contributed by atoms with Crippen molar-refractivity contribution >= 4 is 27.1 Å². The third-order valence-corrected chi connectivity index (χ3v) is 5.97. The first kappa shape index (κ1) is 14.5. The summed E-state index contributed by atoms with van der Waals surface area (Å²) in [4.78, 5) is 18.8. The van der Waals surface area contributed by atoms with Crippen LogP contribution >= 0.6 is 11.3 Å². The summed E-state index contributed by atoms with van der Waals surface area (Å²) in [7, 11) is -3.10. The zero-order chi connectivity index (χ0) is 14.0. The molecule has 2 rings (SSSR count). The lowest BCUT2D eigenvalue weighted by atomic mass is 10.2. The Morgan fingerprint density at radius 2 is 2.21 bits per heavy atom. The molecule has 0 bridgehead atoms. The minimum absolute atomic E-state index is 0.0875. The van der Waals surface area contributed by atoms with Crippen LogP contribution in [0, 0.1) is 6.92 Å². The second kappa shape index (κ2) is 5.58. The molecule has 2 heterocycles. The highest BCUT2D eigenvalue weighted by atomic mass is 32.2. The summed E-state index contributed by atoms with van der Waals surface area (Å²) in [6.07, 6.45) is 3.60. The second-order valence-corrected chi connectivity index (χ2v) is 8.15. The zero-order valence-electron chi connectivity index (χ0n) is 11.1. The molecule has 1 aromatic rings. The van der Waals surface area contributed by atoms with Gasteiger partial charge in [0, 0.05) is 19.3 Å². The highest BCUT2D eigenvalue weighted by Gasteiger charge is 2.29. The standard InChI is InChI=1S/C12H18N2O3S2/c1-9-11(18-8-13-9)12(15)14-6-4-3-5-10(7-14)19(2,16)17/h8,10H,3-7H2,1-2H3/t10-/m0/s1. The summed E-state index contributed by atoms with van der Waals surface area (Å²) in [6, 6.07) is 0. The van der Waals surface area contributed by atoms with Crippen molar-refractivity contribution in [3.8, 4) is 0 Å². The van der Waals surface area contributed by atoms with Crippen LogP contribution in [0.25, 0.3) is 0 Å². The molecule has 1 aromatic heterocycles. The molecule has 1 saturated heterocycles. The van der Waals surface area contributed by atoms with Crippen LogP contribution in [-0.2, 0) is 9.84 Å². The van der Waals surface area contributed by atoms with Crippen LogP contribution < -0.4 is 0 Å². The van der Waals surface area contributed by atoms with E-state index < -0.39 is 15.1 Å². The lowest BCUT2D eigenvalue weighted by Crippen LogP contribution is -2.39. The van der Waals surface area contributed by atoms with Gasteiger partial charge in [0.2, 0.25) is 0 Å². The van der Waals surface area contributed by atoms with E-state index in [0.717, 1.165) is 18.5 Å². The molecule has 0 spiro atoms. The predicted molar refractivity (Wildman–Crippen MR) is 75.2 cm³/mol. The first-order valence-electron chi connectivity index (χ1n) is 6.28. The van der Waals surface area contributed by atoms with Gasteiger partial charge in [0.25, 0.3) is 5.91 Å². The van der Waals surface area contributed by atoms with Gasteiger partial charge in [-0.05, 0) is 19.8 Å². The van der Waals surface area contributed by atoms with Crippen molar-refractivity contribution < 1.29 is 13.2 Å². The van der Waals surface area contributed by atoms with Gasteiger partial charge in [0.05, 0.1) is 16.5 Å². The summed E-state index contributed by atoms with van der Waals surface area (Å²) in [5, 5.41) is -0.438. The van der Waals surface area contributed by atoms with Crippen molar-refractivity contribution in [1.29, 1.82) is 0 Å². The van der Waals surface area contributed by atoms with Crippen LogP contribution in [-0.4, -0.2) is 48.8 Å². The summed E-state index contributed by atoms with van der Waals surface area (Å²) >= 11 is 1.32. The summed E-state index contributed by atoms with van der Waals surface area (Å²) in [6.45, 7) is 2.73. The fourth-order valence-corrected chi connectivity index (χ4v) is 4.10. The normalized spacial score (nSPS) is 21.2. The maximum atomic E-state index is 12.4. The number of hydrogen-bond donors (Lipinski definition) is 0. The molecule has 0 unspecified atom stereocenters. The van der Waals surface area contributed by atoms with Gasteiger partial charge in [-0.15, -0.1) is 11.3 Å². The van der Waals surface area contributed by atoms with Crippen molar-refractivity contribution in [3.63, 3.8) is 0 Å². The molecule has 1 aliphatic heterocycles. The largest absolute Gasteiger partial charge is 0.337 e. The van der Waals surface area contributed by atoms with Crippen molar-refractivity contribution in [1.82, 2.24) is 9.88 Å². The fraction of sp³-hybridized carbons (Fsp3) is 0.667. The smallest absolute Gasteiger partial charge is 0.265 e. The van der Waals surface area contributed by atoms with Gasteiger partial charge in [-0.2, -0.15) is 0 Å². The molecule has 0 aromatic carbocycles. The Labute approximate surface area is 117 Å². The monoisotopic (exact) mass is 302 g/mol. The Morgan fingerprint density at radius 1 is 1.47 bits per heavy atom. The molecular weight excluding hydrogens is 284 g/mol. The average molecular weight is 302 g/mol. The van der Waals surface area contributed by atoms with Crippen LogP contribution in [0.1, 0.15) is 34.6 Å². The molecule has 1 atom stereocenters. The van der Waals surface area contributed by atoms with Crippen LogP contribution in [0.4, 0.5) is 0 Å².